The van der Waals surface area contributed by atoms with Crippen LogP contribution in [0.2, 0.25) is 0 Å². The van der Waals surface area contributed by atoms with Crippen LogP contribution < -0.4 is 0 Å². The monoisotopic (exact) mass is 536 g/mol. The fourth-order valence-electron chi connectivity index (χ4n) is 7.34. The van der Waals surface area contributed by atoms with Crippen molar-refractivity contribution in [3.8, 4) is 44.5 Å². The molecule has 0 heteroatoms. The van der Waals surface area contributed by atoms with E-state index in [2.05, 4.69) is 160 Å². The van der Waals surface area contributed by atoms with Crippen molar-refractivity contribution >= 4 is 21.5 Å². The third kappa shape index (κ3) is 3.62. The minimum Gasteiger partial charge on any atom is -0.0622 e. The van der Waals surface area contributed by atoms with E-state index in [4.69, 9.17) is 0 Å². The first kappa shape index (κ1) is 24.8. The van der Waals surface area contributed by atoms with Gasteiger partial charge in [0.05, 0.1) is 0 Å². The van der Waals surface area contributed by atoms with E-state index in [1.807, 2.05) is 0 Å². The number of fused-ring (bicyclic) bond motifs is 5. The molecular weight excluding hydrogens is 504 g/mol. The van der Waals surface area contributed by atoms with E-state index in [0.29, 0.717) is 0 Å². The maximum Gasteiger partial charge on any atom is 0.0159 e. The van der Waals surface area contributed by atoms with Crippen molar-refractivity contribution < 1.29 is 0 Å². The average molecular weight is 537 g/mol. The summed E-state index contributed by atoms with van der Waals surface area (Å²) >= 11 is 0. The fraction of sp³-hybridized carbons (Fsp3) is 0.0952. The highest BCUT2D eigenvalue weighted by molar-refractivity contribution is 6.23. The van der Waals surface area contributed by atoms with Crippen molar-refractivity contribution in [3.63, 3.8) is 0 Å². The molecule has 1 aliphatic carbocycles. The molecule has 7 aromatic carbocycles. The first-order valence-electron chi connectivity index (χ1n) is 14.9. The Labute approximate surface area is 247 Å². The molecule has 0 spiro atoms. The largest absolute Gasteiger partial charge is 0.0622 e. The van der Waals surface area contributed by atoms with Crippen molar-refractivity contribution in [2.75, 3.05) is 0 Å². The van der Waals surface area contributed by atoms with Crippen molar-refractivity contribution in [3.05, 3.63) is 156 Å². The van der Waals surface area contributed by atoms with Gasteiger partial charge in [-0.3, -0.25) is 0 Å². The van der Waals surface area contributed by atoms with Crippen LogP contribution >= 0.6 is 0 Å². The zero-order valence-electron chi connectivity index (χ0n) is 24.3. The molecular formula is C42H32. The molecule has 200 valence electrons. The van der Waals surface area contributed by atoms with Gasteiger partial charge in [0, 0.05) is 5.41 Å². The molecule has 0 saturated carbocycles. The third-order valence-corrected chi connectivity index (χ3v) is 9.31. The smallest absolute Gasteiger partial charge is 0.0159 e. The molecule has 0 heterocycles. The van der Waals surface area contributed by atoms with Gasteiger partial charge in [0.25, 0.3) is 0 Å². The van der Waals surface area contributed by atoms with Gasteiger partial charge in [-0.15, -0.1) is 0 Å². The molecule has 0 amide bonds. The molecule has 0 N–H and O–H groups in total. The van der Waals surface area contributed by atoms with Crippen molar-refractivity contribution in [2.45, 2.75) is 26.2 Å². The standard InChI is InChI=1S/C42H32/c1-27-23-24-33-36(25-27)40(35-20-12-22-38-41(35)34-19-9-10-21-37(34)42(38,2)3)32-18-8-7-17-31(32)39(33)30-16-11-15-29(26-30)28-13-5-4-6-14-28/h4-26H,1-3H3. The summed E-state index contributed by atoms with van der Waals surface area (Å²) in [5.74, 6) is 0. The van der Waals surface area contributed by atoms with Gasteiger partial charge in [-0.2, -0.15) is 0 Å². The highest BCUT2D eigenvalue weighted by Crippen LogP contribution is 2.54. The van der Waals surface area contributed by atoms with Gasteiger partial charge in [-0.05, 0) is 90.2 Å². The minimum absolute atomic E-state index is 0.0404. The average Bonchev–Trinajstić information content (AvgIpc) is 3.27. The van der Waals surface area contributed by atoms with Gasteiger partial charge in [0.1, 0.15) is 0 Å². The van der Waals surface area contributed by atoms with Crippen LogP contribution in [-0.2, 0) is 5.41 Å². The number of benzene rings is 7. The van der Waals surface area contributed by atoms with Crippen LogP contribution in [0.4, 0.5) is 0 Å². The second-order valence-electron chi connectivity index (χ2n) is 12.2. The topological polar surface area (TPSA) is 0 Å². The highest BCUT2D eigenvalue weighted by atomic mass is 14.4. The zero-order chi connectivity index (χ0) is 28.4. The van der Waals surface area contributed by atoms with Crippen LogP contribution in [0, 0.1) is 6.92 Å². The summed E-state index contributed by atoms with van der Waals surface area (Å²) in [6, 6.07) is 51.7. The molecule has 0 atom stereocenters. The number of hydrogen-bond donors (Lipinski definition) is 0. The molecule has 0 unspecified atom stereocenters. The fourth-order valence-corrected chi connectivity index (χ4v) is 7.34. The molecule has 0 aromatic heterocycles. The van der Waals surface area contributed by atoms with Crippen LogP contribution in [0.25, 0.3) is 66.1 Å². The quantitative estimate of drug-likeness (QED) is 0.197. The van der Waals surface area contributed by atoms with Gasteiger partial charge in [0.15, 0.2) is 0 Å². The Morgan fingerprint density at radius 2 is 0.976 bits per heavy atom. The Balaban J connectivity index is 1.49. The van der Waals surface area contributed by atoms with Crippen molar-refractivity contribution in [2.24, 2.45) is 0 Å². The lowest BCUT2D eigenvalue weighted by molar-refractivity contribution is 0.660. The predicted octanol–water partition coefficient (Wildman–Crippen LogP) is 11.6. The third-order valence-electron chi connectivity index (χ3n) is 9.31. The second-order valence-corrected chi connectivity index (χ2v) is 12.2. The van der Waals surface area contributed by atoms with Crippen LogP contribution in [0.1, 0.15) is 30.5 Å². The van der Waals surface area contributed by atoms with E-state index in [1.54, 1.807) is 0 Å². The lowest BCUT2D eigenvalue weighted by Gasteiger charge is -2.23. The minimum atomic E-state index is -0.0404. The summed E-state index contributed by atoms with van der Waals surface area (Å²) in [7, 11) is 0. The molecule has 0 nitrogen and oxygen atoms in total. The van der Waals surface area contributed by atoms with Crippen LogP contribution in [-0.4, -0.2) is 0 Å². The van der Waals surface area contributed by atoms with E-state index >= 15 is 0 Å². The van der Waals surface area contributed by atoms with E-state index in [9.17, 15) is 0 Å². The molecule has 0 fully saturated rings. The number of rotatable bonds is 3. The lowest BCUT2D eigenvalue weighted by atomic mass is 9.80. The molecule has 0 bridgehead atoms. The predicted molar refractivity (Wildman–Crippen MR) is 180 cm³/mol. The van der Waals surface area contributed by atoms with Crippen LogP contribution in [0.3, 0.4) is 0 Å². The molecule has 7 aromatic rings. The summed E-state index contributed by atoms with van der Waals surface area (Å²) < 4.78 is 0. The van der Waals surface area contributed by atoms with E-state index in [0.717, 1.165) is 0 Å². The molecule has 8 rings (SSSR count). The Kier molecular flexibility index (Phi) is 5.49. The van der Waals surface area contributed by atoms with Gasteiger partial charge in [-0.25, -0.2) is 0 Å². The molecule has 0 radical (unpaired) electrons. The van der Waals surface area contributed by atoms with Crippen LogP contribution in [0.5, 0.6) is 0 Å². The first-order valence-corrected chi connectivity index (χ1v) is 14.9. The zero-order valence-corrected chi connectivity index (χ0v) is 24.3. The molecule has 0 aliphatic heterocycles. The highest BCUT2D eigenvalue weighted by Gasteiger charge is 2.37. The van der Waals surface area contributed by atoms with E-state index in [-0.39, 0.29) is 5.41 Å². The van der Waals surface area contributed by atoms with Crippen molar-refractivity contribution in [1.29, 1.82) is 0 Å². The molecule has 42 heavy (non-hydrogen) atoms. The SMILES string of the molecule is Cc1ccc2c(-c3cccc(-c4ccccc4)c3)c3ccccc3c(-c3cccc4c3-c3ccccc3C4(C)C)c2c1. The first-order chi connectivity index (χ1) is 20.5. The summed E-state index contributed by atoms with van der Waals surface area (Å²) in [5, 5.41) is 5.19. The Morgan fingerprint density at radius 3 is 1.81 bits per heavy atom. The normalized spacial score (nSPS) is 13.3. The summed E-state index contributed by atoms with van der Waals surface area (Å²) in [5.41, 5.74) is 14.5. The Hall–Kier alpha value is -4.94. The van der Waals surface area contributed by atoms with Gasteiger partial charge >= 0.3 is 0 Å². The summed E-state index contributed by atoms with van der Waals surface area (Å²) in [4.78, 5) is 0. The van der Waals surface area contributed by atoms with E-state index in [1.165, 1.54) is 82.7 Å². The Morgan fingerprint density at radius 1 is 0.381 bits per heavy atom. The summed E-state index contributed by atoms with van der Waals surface area (Å²) in [6.45, 7) is 6.94. The van der Waals surface area contributed by atoms with Crippen LogP contribution in [0.15, 0.2) is 140 Å². The summed E-state index contributed by atoms with van der Waals surface area (Å²) in [6.07, 6.45) is 0. The van der Waals surface area contributed by atoms with Gasteiger partial charge in [-0.1, -0.05) is 153 Å². The van der Waals surface area contributed by atoms with E-state index < -0.39 is 0 Å². The maximum atomic E-state index is 2.40. The maximum absolute atomic E-state index is 2.40. The molecule has 1 aliphatic rings. The number of aryl methyl sites for hydroxylation is 1. The number of hydrogen-bond acceptors (Lipinski definition) is 0. The van der Waals surface area contributed by atoms with Crippen molar-refractivity contribution in [1.82, 2.24) is 0 Å². The lowest BCUT2D eigenvalue weighted by Crippen LogP contribution is -2.14. The van der Waals surface area contributed by atoms with Gasteiger partial charge < -0.3 is 0 Å². The Bertz CT molecular complexity index is 2160. The molecule has 0 saturated heterocycles. The second kappa shape index (κ2) is 9.29. The van der Waals surface area contributed by atoms with Gasteiger partial charge in [0.2, 0.25) is 0 Å².